The van der Waals surface area contributed by atoms with Gasteiger partial charge in [0.25, 0.3) is 0 Å². The van der Waals surface area contributed by atoms with Gasteiger partial charge in [-0.05, 0) is 18.2 Å². The molecule has 11 heteroatoms. The molecule has 1 aliphatic rings. The van der Waals surface area contributed by atoms with Gasteiger partial charge >= 0.3 is 5.97 Å². The number of benzene rings is 1. The SMILES string of the molecule is CCN1CCN(S(=O)(=O)c2cnc(OCCOCc3ccccc3)c(C(=O)O)c2)CC1.Cl. The standard InChI is InChI=1S/C21H27N3O6S.ClH/c1-2-23-8-10-24(11-9-23)31(27,28)18-14-19(21(25)26)20(22-15-18)30-13-12-29-16-17-6-4-3-5-7-17;/h3-7,14-15H,2,8-13,16H2,1H3,(H,25,26);1H. The highest BCUT2D eigenvalue weighted by molar-refractivity contribution is 7.89. The first-order chi connectivity index (χ1) is 14.9. The summed E-state index contributed by atoms with van der Waals surface area (Å²) in [6, 6.07) is 10.7. The van der Waals surface area contributed by atoms with Crippen LogP contribution in [0.1, 0.15) is 22.8 Å². The Balaban J connectivity index is 0.00000363. The minimum atomic E-state index is -3.83. The van der Waals surface area contributed by atoms with Gasteiger partial charge < -0.3 is 19.5 Å². The van der Waals surface area contributed by atoms with Crippen molar-refractivity contribution in [2.24, 2.45) is 0 Å². The molecule has 1 aromatic carbocycles. The summed E-state index contributed by atoms with van der Waals surface area (Å²) < 4.78 is 38.1. The van der Waals surface area contributed by atoms with Crippen LogP contribution < -0.4 is 4.74 Å². The van der Waals surface area contributed by atoms with E-state index in [1.807, 2.05) is 37.3 Å². The number of nitrogens with zero attached hydrogens (tertiary/aromatic N) is 3. The van der Waals surface area contributed by atoms with Crippen LogP contribution in [0.4, 0.5) is 0 Å². The van der Waals surface area contributed by atoms with E-state index in [2.05, 4.69) is 9.88 Å². The van der Waals surface area contributed by atoms with E-state index >= 15 is 0 Å². The van der Waals surface area contributed by atoms with Gasteiger partial charge in [0, 0.05) is 26.2 Å². The summed E-state index contributed by atoms with van der Waals surface area (Å²) in [5, 5.41) is 9.52. The average Bonchev–Trinajstić information content (AvgIpc) is 2.79. The van der Waals surface area contributed by atoms with Crippen molar-refractivity contribution in [1.82, 2.24) is 14.2 Å². The van der Waals surface area contributed by atoms with Crippen LogP contribution in [0, 0.1) is 0 Å². The van der Waals surface area contributed by atoms with E-state index in [4.69, 9.17) is 9.47 Å². The second-order valence-electron chi connectivity index (χ2n) is 7.05. The molecule has 0 unspecified atom stereocenters. The Hall–Kier alpha value is -2.24. The molecule has 0 atom stereocenters. The van der Waals surface area contributed by atoms with Crippen LogP contribution in [0.3, 0.4) is 0 Å². The van der Waals surface area contributed by atoms with Gasteiger partial charge in [-0.3, -0.25) is 0 Å². The van der Waals surface area contributed by atoms with Crippen LogP contribution in [0.25, 0.3) is 0 Å². The molecule has 0 amide bonds. The Labute approximate surface area is 194 Å². The molecule has 0 saturated carbocycles. The normalized spacial score (nSPS) is 15.2. The van der Waals surface area contributed by atoms with Crippen LogP contribution in [0.15, 0.2) is 47.5 Å². The zero-order chi connectivity index (χ0) is 22.3. The van der Waals surface area contributed by atoms with Gasteiger partial charge in [0.05, 0.1) is 19.4 Å². The Morgan fingerprint density at radius 1 is 1.12 bits per heavy atom. The van der Waals surface area contributed by atoms with Crippen LogP contribution in [0.2, 0.25) is 0 Å². The van der Waals surface area contributed by atoms with E-state index in [1.165, 1.54) is 4.31 Å². The number of carbonyl (C=O) groups is 1. The van der Waals surface area contributed by atoms with Crippen LogP contribution >= 0.6 is 12.4 Å². The van der Waals surface area contributed by atoms with E-state index in [1.54, 1.807) is 0 Å². The molecule has 1 aromatic heterocycles. The molecule has 1 N–H and O–H groups in total. The smallest absolute Gasteiger partial charge is 0.341 e. The van der Waals surface area contributed by atoms with Gasteiger partial charge in [-0.15, -0.1) is 12.4 Å². The topological polar surface area (TPSA) is 109 Å². The first-order valence-corrected chi connectivity index (χ1v) is 11.6. The van der Waals surface area contributed by atoms with E-state index < -0.39 is 16.0 Å². The highest BCUT2D eigenvalue weighted by atomic mass is 35.5. The monoisotopic (exact) mass is 485 g/mol. The number of aromatic carboxylic acids is 1. The fraction of sp³-hybridized carbons (Fsp3) is 0.429. The summed E-state index contributed by atoms with van der Waals surface area (Å²) in [5.74, 6) is -1.44. The number of hydrogen-bond donors (Lipinski definition) is 1. The number of ether oxygens (including phenoxy) is 2. The number of pyridine rings is 1. The average molecular weight is 486 g/mol. The fourth-order valence-electron chi connectivity index (χ4n) is 3.24. The second-order valence-corrected chi connectivity index (χ2v) is 8.99. The first-order valence-electron chi connectivity index (χ1n) is 10.1. The Morgan fingerprint density at radius 3 is 2.44 bits per heavy atom. The summed E-state index contributed by atoms with van der Waals surface area (Å²) in [5.41, 5.74) is 0.720. The molecule has 176 valence electrons. The van der Waals surface area contributed by atoms with Gasteiger partial charge in [-0.1, -0.05) is 37.3 Å². The number of carboxylic acids is 1. The van der Waals surface area contributed by atoms with Gasteiger partial charge in [-0.2, -0.15) is 4.31 Å². The zero-order valence-corrected chi connectivity index (χ0v) is 19.5. The summed E-state index contributed by atoms with van der Waals surface area (Å²) >= 11 is 0. The largest absolute Gasteiger partial charge is 0.477 e. The Bertz CT molecular complexity index is 982. The Morgan fingerprint density at radius 2 is 1.81 bits per heavy atom. The predicted molar refractivity (Wildman–Crippen MR) is 121 cm³/mol. The second kappa shape index (κ2) is 12.1. The molecule has 0 spiro atoms. The number of carboxylic acid groups (broad SMARTS) is 1. The lowest BCUT2D eigenvalue weighted by Gasteiger charge is -2.33. The van der Waals surface area contributed by atoms with E-state index in [0.29, 0.717) is 32.8 Å². The van der Waals surface area contributed by atoms with Crippen molar-refractivity contribution in [1.29, 1.82) is 0 Å². The van der Waals surface area contributed by atoms with E-state index in [0.717, 1.165) is 24.4 Å². The number of hydrogen-bond acceptors (Lipinski definition) is 7. The van der Waals surface area contributed by atoms with Gasteiger partial charge in [0.1, 0.15) is 17.1 Å². The minimum absolute atomic E-state index is 0. The molecule has 32 heavy (non-hydrogen) atoms. The maximum absolute atomic E-state index is 12.9. The summed E-state index contributed by atoms with van der Waals surface area (Å²) in [7, 11) is -3.83. The van der Waals surface area contributed by atoms with Gasteiger partial charge in [0.15, 0.2) is 0 Å². The number of halogens is 1. The molecule has 2 heterocycles. The predicted octanol–water partition coefficient (Wildman–Crippen LogP) is 2.12. The van der Waals surface area contributed by atoms with Gasteiger partial charge in [0.2, 0.25) is 15.9 Å². The number of likely N-dealkylation sites (N-methyl/N-ethyl adjacent to an activating group) is 1. The zero-order valence-electron chi connectivity index (χ0n) is 17.8. The summed E-state index contributed by atoms with van der Waals surface area (Å²) in [6.07, 6.45) is 1.15. The van der Waals surface area contributed by atoms with Crippen molar-refractivity contribution in [3.05, 3.63) is 53.7 Å². The molecule has 0 aliphatic carbocycles. The van der Waals surface area contributed by atoms with E-state index in [-0.39, 0.29) is 42.0 Å². The van der Waals surface area contributed by atoms with E-state index in [9.17, 15) is 18.3 Å². The quantitative estimate of drug-likeness (QED) is 0.510. The van der Waals surface area contributed by atoms with Crippen LogP contribution in [-0.4, -0.2) is 79.6 Å². The third kappa shape index (κ3) is 6.63. The summed E-state index contributed by atoms with van der Waals surface area (Å²) in [4.78, 5) is 17.6. The van der Waals surface area contributed by atoms with Crippen molar-refractivity contribution in [3.63, 3.8) is 0 Å². The van der Waals surface area contributed by atoms with Gasteiger partial charge in [-0.25, -0.2) is 18.2 Å². The fourth-order valence-corrected chi connectivity index (χ4v) is 4.63. The molecule has 0 radical (unpaired) electrons. The molecule has 2 aromatic rings. The molecule has 1 aliphatic heterocycles. The maximum Gasteiger partial charge on any atom is 0.341 e. The van der Waals surface area contributed by atoms with Crippen LogP contribution in [0.5, 0.6) is 5.88 Å². The van der Waals surface area contributed by atoms with Crippen LogP contribution in [-0.2, 0) is 21.4 Å². The number of piperazine rings is 1. The summed E-state index contributed by atoms with van der Waals surface area (Å²) in [6.45, 7) is 5.61. The highest BCUT2D eigenvalue weighted by Crippen LogP contribution is 2.23. The number of aromatic nitrogens is 1. The Kier molecular flexibility index (Phi) is 9.85. The first kappa shape index (κ1) is 26.0. The molecule has 0 bridgehead atoms. The molecular formula is C21H28ClN3O6S. The van der Waals surface area contributed by atoms with Crippen molar-refractivity contribution >= 4 is 28.4 Å². The molecular weight excluding hydrogens is 458 g/mol. The van der Waals surface area contributed by atoms with Crippen molar-refractivity contribution in [2.45, 2.75) is 18.4 Å². The van der Waals surface area contributed by atoms with Crippen molar-refractivity contribution < 1.29 is 27.8 Å². The lowest BCUT2D eigenvalue weighted by Crippen LogP contribution is -2.48. The highest BCUT2D eigenvalue weighted by Gasteiger charge is 2.30. The number of rotatable bonds is 10. The lowest BCUT2D eigenvalue weighted by molar-refractivity contribution is 0.0678. The maximum atomic E-state index is 12.9. The molecule has 1 fully saturated rings. The van der Waals surface area contributed by atoms with Crippen molar-refractivity contribution in [3.8, 4) is 5.88 Å². The molecule has 9 nitrogen and oxygen atoms in total. The lowest BCUT2D eigenvalue weighted by atomic mass is 10.2. The third-order valence-corrected chi connectivity index (χ3v) is 6.91. The molecule has 1 saturated heterocycles. The third-order valence-electron chi connectivity index (χ3n) is 5.05. The minimum Gasteiger partial charge on any atom is -0.477 e. The van der Waals surface area contributed by atoms with Crippen molar-refractivity contribution in [2.75, 3.05) is 45.9 Å². The molecule has 3 rings (SSSR count). The number of sulfonamides is 1.